The largest absolute Gasteiger partial charge is 0.445 e. The molecule has 2 heterocycles. The van der Waals surface area contributed by atoms with Crippen molar-refractivity contribution in [3.05, 3.63) is 53.3 Å². The quantitative estimate of drug-likeness (QED) is 0.932. The number of benzene rings is 1. The van der Waals surface area contributed by atoms with Crippen molar-refractivity contribution in [3.63, 3.8) is 0 Å². The molecule has 0 bridgehead atoms. The minimum absolute atomic E-state index is 0.114. The fraction of sp³-hybridized carbons (Fsp3) is 0.353. The van der Waals surface area contributed by atoms with Crippen LogP contribution in [0.15, 0.2) is 36.4 Å². The van der Waals surface area contributed by atoms with E-state index in [4.69, 9.17) is 4.74 Å². The molecular weight excluding hydrogens is 308 g/mol. The highest BCUT2D eigenvalue weighted by Gasteiger charge is 2.26. The maximum absolute atomic E-state index is 12.3. The summed E-state index contributed by atoms with van der Waals surface area (Å²) in [4.78, 5) is 27.7. The molecule has 0 saturated carbocycles. The number of hydrogen-bond donors (Lipinski definition) is 1. The van der Waals surface area contributed by atoms with Crippen molar-refractivity contribution in [3.8, 4) is 0 Å². The third kappa shape index (κ3) is 3.73. The van der Waals surface area contributed by atoms with Gasteiger partial charge in [0.25, 0.3) is 5.91 Å². The standard InChI is InChI=1S/C17H20N4O3/c1-13-11-15(19-18-13)16(22)20-7-9-21(10-8-20)17(23)24-12-14-5-3-2-4-6-14/h2-6,11H,7-10,12H2,1H3,(H,18,19). The topological polar surface area (TPSA) is 78.5 Å². The van der Waals surface area contributed by atoms with Crippen LogP contribution in [0.1, 0.15) is 21.7 Å². The Bertz CT molecular complexity index is 706. The van der Waals surface area contributed by atoms with Gasteiger partial charge >= 0.3 is 6.09 Å². The Hall–Kier alpha value is -2.83. The van der Waals surface area contributed by atoms with Crippen LogP contribution in [-0.2, 0) is 11.3 Å². The highest BCUT2D eigenvalue weighted by atomic mass is 16.6. The van der Waals surface area contributed by atoms with E-state index in [2.05, 4.69) is 10.2 Å². The first-order valence-corrected chi connectivity index (χ1v) is 7.90. The Morgan fingerprint density at radius 1 is 1.12 bits per heavy atom. The molecule has 126 valence electrons. The Labute approximate surface area is 140 Å². The van der Waals surface area contributed by atoms with Crippen molar-refractivity contribution < 1.29 is 14.3 Å². The van der Waals surface area contributed by atoms with E-state index in [1.165, 1.54) is 0 Å². The average molecular weight is 328 g/mol. The number of amides is 2. The molecule has 7 nitrogen and oxygen atoms in total. The number of rotatable bonds is 3. The van der Waals surface area contributed by atoms with Crippen molar-refractivity contribution in [1.29, 1.82) is 0 Å². The summed E-state index contributed by atoms with van der Waals surface area (Å²) in [6, 6.07) is 11.3. The van der Waals surface area contributed by atoms with Crippen LogP contribution in [0.3, 0.4) is 0 Å². The Morgan fingerprint density at radius 2 is 1.79 bits per heavy atom. The van der Waals surface area contributed by atoms with Gasteiger partial charge in [-0.2, -0.15) is 5.10 Å². The molecule has 1 N–H and O–H groups in total. The van der Waals surface area contributed by atoms with Gasteiger partial charge in [0.05, 0.1) is 0 Å². The van der Waals surface area contributed by atoms with E-state index in [0.717, 1.165) is 11.3 Å². The number of aromatic nitrogens is 2. The molecule has 7 heteroatoms. The zero-order valence-electron chi connectivity index (χ0n) is 13.6. The first-order valence-electron chi connectivity index (χ1n) is 7.90. The van der Waals surface area contributed by atoms with E-state index in [1.54, 1.807) is 15.9 Å². The van der Waals surface area contributed by atoms with Crippen LogP contribution in [0.4, 0.5) is 4.79 Å². The monoisotopic (exact) mass is 328 g/mol. The van der Waals surface area contributed by atoms with Crippen LogP contribution >= 0.6 is 0 Å². The highest BCUT2D eigenvalue weighted by molar-refractivity contribution is 5.92. The lowest BCUT2D eigenvalue weighted by molar-refractivity contribution is 0.0539. The van der Waals surface area contributed by atoms with Crippen LogP contribution < -0.4 is 0 Å². The van der Waals surface area contributed by atoms with Crippen molar-refractivity contribution in [2.24, 2.45) is 0 Å². The highest BCUT2D eigenvalue weighted by Crippen LogP contribution is 2.10. The number of hydrogen-bond acceptors (Lipinski definition) is 4. The average Bonchev–Trinajstić information content (AvgIpc) is 3.06. The molecule has 0 aliphatic carbocycles. The summed E-state index contributed by atoms with van der Waals surface area (Å²) >= 11 is 0. The fourth-order valence-electron chi connectivity index (χ4n) is 2.59. The van der Waals surface area contributed by atoms with Gasteiger partial charge in [-0.3, -0.25) is 9.89 Å². The molecule has 3 rings (SSSR count). The molecule has 1 aromatic carbocycles. The molecule has 1 aliphatic rings. The summed E-state index contributed by atoms with van der Waals surface area (Å²) in [5.41, 5.74) is 2.21. The normalized spacial score (nSPS) is 14.5. The number of H-pyrrole nitrogens is 1. The lowest BCUT2D eigenvalue weighted by atomic mass is 10.2. The van der Waals surface area contributed by atoms with Crippen molar-refractivity contribution in [2.45, 2.75) is 13.5 Å². The third-order valence-corrected chi connectivity index (χ3v) is 3.96. The fourth-order valence-corrected chi connectivity index (χ4v) is 2.59. The van der Waals surface area contributed by atoms with Crippen LogP contribution in [-0.4, -0.2) is 58.2 Å². The molecule has 0 atom stereocenters. The summed E-state index contributed by atoms with van der Waals surface area (Å²) in [6.07, 6.45) is -0.346. The van der Waals surface area contributed by atoms with Crippen LogP contribution in [0.25, 0.3) is 0 Å². The molecule has 0 unspecified atom stereocenters. The SMILES string of the molecule is Cc1cc(C(=O)N2CCN(C(=O)OCc3ccccc3)CC2)n[nH]1. The Balaban J connectivity index is 1.47. The number of nitrogens with zero attached hydrogens (tertiary/aromatic N) is 3. The van der Waals surface area contributed by atoms with E-state index < -0.39 is 0 Å². The van der Waals surface area contributed by atoms with Gasteiger partial charge in [-0.1, -0.05) is 30.3 Å². The molecule has 2 amide bonds. The van der Waals surface area contributed by atoms with Gasteiger partial charge in [0, 0.05) is 31.9 Å². The zero-order valence-corrected chi connectivity index (χ0v) is 13.6. The molecular formula is C17H20N4O3. The Kier molecular flexibility index (Phi) is 4.79. The minimum Gasteiger partial charge on any atom is -0.445 e. The van der Waals surface area contributed by atoms with E-state index in [9.17, 15) is 9.59 Å². The number of aryl methyl sites for hydroxylation is 1. The van der Waals surface area contributed by atoms with Gasteiger partial charge in [-0.25, -0.2) is 4.79 Å². The van der Waals surface area contributed by atoms with Gasteiger partial charge < -0.3 is 14.5 Å². The van der Waals surface area contributed by atoms with Gasteiger partial charge in [-0.05, 0) is 18.6 Å². The minimum atomic E-state index is -0.346. The van der Waals surface area contributed by atoms with Gasteiger partial charge in [-0.15, -0.1) is 0 Å². The summed E-state index contributed by atoms with van der Waals surface area (Å²) in [6.45, 7) is 3.98. The molecule has 2 aromatic rings. The number of carbonyl (C=O) groups excluding carboxylic acids is 2. The van der Waals surface area contributed by atoms with Gasteiger partial charge in [0.15, 0.2) is 0 Å². The molecule has 1 aliphatic heterocycles. The predicted octanol–water partition coefficient (Wildman–Crippen LogP) is 1.81. The summed E-state index contributed by atoms with van der Waals surface area (Å²) in [5, 5.41) is 6.75. The zero-order chi connectivity index (χ0) is 16.9. The van der Waals surface area contributed by atoms with Crippen LogP contribution in [0, 0.1) is 6.92 Å². The molecule has 1 fully saturated rings. The van der Waals surface area contributed by atoms with E-state index in [1.807, 2.05) is 37.3 Å². The number of aromatic amines is 1. The van der Waals surface area contributed by atoms with Crippen molar-refractivity contribution >= 4 is 12.0 Å². The van der Waals surface area contributed by atoms with Crippen molar-refractivity contribution in [2.75, 3.05) is 26.2 Å². The maximum Gasteiger partial charge on any atom is 0.410 e. The van der Waals surface area contributed by atoms with Crippen LogP contribution in [0.5, 0.6) is 0 Å². The van der Waals surface area contributed by atoms with Crippen LogP contribution in [0.2, 0.25) is 0 Å². The molecule has 0 radical (unpaired) electrons. The second-order valence-electron chi connectivity index (χ2n) is 5.76. The predicted molar refractivity (Wildman–Crippen MR) is 87.4 cm³/mol. The molecule has 24 heavy (non-hydrogen) atoms. The summed E-state index contributed by atoms with van der Waals surface area (Å²) < 4.78 is 5.32. The van der Waals surface area contributed by atoms with E-state index in [-0.39, 0.29) is 18.6 Å². The molecule has 1 aromatic heterocycles. The second kappa shape index (κ2) is 7.16. The Morgan fingerprint density at radius 3 is 2.42 bits per heavy atom. The van der Waals surface area contributed by atoms with Crippen molar-refractivity contribution in [1.82, 2.24) is 20.0 Å². The lowest BCUT2D eigenvalue weighted by Crippen LogP contribution is -2.50. The van der Waals surface area contributed by atoms with E-state index >= 15 is 0 Å². The molecule has 0 spiro atoms. The first-order chi connectivity index (χ1) is 11.6. The summed E-state index contributed by atoms with van der Waals surface area (Å²) in [7, 11) is 0. The number of ether oxygens (including phenoxy) is 1. The summed E-state index contributed by atoms with van der Waals surface area (Å²) in [5.74, 6) is -0.114. The number of piperazine rings is 1. The number of carbonyl (C=O) groups is 2. The van der Waals surface area contributed by atoms with E-state index in [0.29, 0.717) is 31.9 Å². The van der Waals surface area contributed by atoms with Gasteiger partial charge in [0.2, 0.25) is 0 Å². The van der Waals surface area contributed by atoms with Gasteiger partial charge in [0.1, 0.15) is 12.3 Å². The third-order valence-electron chi connectivity index (χ3n) is 3.96. The first kappa shape index (κ1) is 16.0. The lowest BCUT2D eigenvalue weighted by Gasteiger charge is -2.33. The maximum atomic E-state index is 12.3. The second-order valence-corrected chi connectivity index (χ2v) is 5.76. The molecule has 1 saturated heterocycles. The smallest absolute Gasteiger partial charge is 0.410 e. The number of nitrogens with one attached hydrogen (secondary N) is 1.